The van der Waals surface area contributed by atoms with Gasteiger partial charge in [-0.15, -0.1) is 0 Å². The normalized spacial score (nSPS) is 21.9. The van der Waals surface area contributed by atoms with Crippen LogP contribution in [0.4, 0.5) is 0 Å². The third-order valence-corrected chi connectivity index (χ3v) is 8.48. The van der Waals surface area contributed by atoms with E-state index in [2.05, 4.69) is 6.92 Å². The van der Waals surface area contributed by atoms with Gasteiger partial charge in [0.1, 0.15) is 0 Å². The van der Waals surface area contributed by atoms with Gasteiger partial charge in [0.25, 0.3) is 0 Å². The Labute approximate surface area is 176 Å². The number of sulfonamides is 1. The van der Waals surface area contributed by atoms with Crippen molar-refractivity contribution in [1.82, 2.24) is 13.8 Å². The smallest absolute Gasteiger partial charge is 0.408 e. The number of hydrogen-bond acceptors (Lipinski definition) is 5. The highest BCUT2D eigenvalue weighted by molar-refractivity contribution is 7.89. The molecule has 164 valence electrons. The number of oxazole rings is 1. The lowest BCUT2D eigenvalue weighted by atomic mass is 9.92. The number of nitrogens with zero attached hydrogens (tertiary/aromatic N) is 3. The van der Waals surface area contributed by atoms with Gasteiger partial charge in [-0.3, -0.25) is 9.36 Å². The number of fused-ring (bicyclic) bond motifs is 1. The first kappa shape index (κ1) is 21.1. The molecule has 2 aromatic rings. The van der Waals surface area contributed by atoms with Gasteiger partial charge >= 0.3 is 5.76 Å². The summed E-state index contributed by atoms with van der Waals surface area (Å²) in [5.74, 6) is -0.453. The number of aryl methyl sites for hydroxylation is 1. The average Bonchev–Trinajstić information content (AvgIpc) is 3.06. The molecular weight excluding hydrogens is 406 g/mol. The Hall–Kier alpha value is -2.13. The summed E-state index contributed by atoms with van der Waals surface area (Å²) < 4.78 is 34.1. The van der Waals surface area contributed by atoms with Crippen molar-refractivity contribution < 1.29 is 17.6 Å². The van der Waals surface area contributed by atoms with Crippen molar-refractivity contribution in [1.29, 1.82) is 0 Å². The van der Waals surface area contributed by atoms with E-state index in [0.29, 0.717) is 37.5 Å². The Balaban J connectivity index is 1.46. The maximum absolute atomic E-state index is 13.1. The summed E-state index contributed by atoms with van der Waals surface area (Å²) in [5.41, 5.74) is 0.805. The third kappa shape index (κ3) is 3.69. The number of likely N-dealkylation sites (tertiary alicyclic amines) is 1. The highest BCUT2D eigenvalue weighted by Crippen LogP contribution is 2.29. The van der Waals surface area contributed by atoms with E-state index in [1.807, 2.05) is 4.90 Å². The van der Waals surface area contributed by atoms with Crippen LogP contribution < -0.4 is 5.76 Å². The van der Waals surface area contributed by atoms with Crippen molar-refractivity contribution in [2.75, 3.05) is 19.6 Å². The molecule has 2 aliphatic heterocycles. The fraction of sp³-hybridized carbons (Fsp3) is 0.619. The van der Waals surface area contributed by atoms with Crippen LogP contribution in [0.15, 0.2) is 32.3 Å². The van der Waals surface area contributed by atoms with E-state index in [1.165, 1.54) is 27.4 Å². The highest BCUT2D eigenvalue weighted by atomic mass is 32.2. The van der Waals surface area contributed by atoms with Crippen molar-refractivity contribution in [3.8, 4) is 0 Å². The molecule has 3 heterocycles. The maximum atomic E-state index is 13.1. The first-order valence-corrected chi connectivity index (χ1v) is 12.2. The lowest BCUT2D eigenvalue weighted by Crippen LogP contribution is -2.49. The molecule has 4 rings (SSSR count). The number of aromatic nitrogens is 1. The number of benzene rings is 1. The molecule has 0 bridgehead atoms. The Morgan fingerprint density at radius 3 is 2.57 bits per heavy atom. The van der Waals surface area contributed by atoms with Gasteiger partial charge in [-0.1, -0.05) is 6.92 Å². The second-order valence-corrected chi connectivity index (χ2v) is 10.3. The summed E-state index contributed by atoms with van der Waals surface area (Å²) >= 11 is 0. The predicted molar refractivity (Wildman–Crippen MR) is 113 cm³/mol. The van der Waals surface area contributed by atoms with Crippen LogP contribution in [0.1, 0.15) is 45.4 Å². The molecule has 1 aromatic carbocycles. The first-order chi connectivity index (χ1) is 14.3. The molecule has 8 nitrogen and oxygen atoms in total. The standard InChI is InChI=1S/C21H29N3O5S/c1-3-16-6-4-5-11-24(16)20(25)15-9-12-23(13-10-15)30(27,28)17-7-8-18-19(14-17)29-21(26)22(18)2/h7-8,14-16H,3-6,9-13H2,1-2H3. The van der Waals surface area contributed by atoms with Crippen molar-refractivity contribution in [2.45, 2.75) is 56.4 Å². The van der Waals surface area contributed by atoms with Crippen LogP contribution in [0.25, 0.3) is 11.1 Å². The summed E-state index contributed by atoms with van der Waals surface area (Å²) in [5, 5.41) is 0. The van der Waals surface area contributed by atoms with Crippen LogP contribution in [-0.2, 0) is 21.9 Å². The number of carbonyl (C=O) groups is 1. The van der Waals surface area contributed by atoms with Crippen molar-refractivity contribution in [3.63, 3.8) is 0 Å². The van der Waals surface area contributed by atoms with E-state index in [1.54, 1.807) is 13.1 Å². The minimum Gasteiger partial charge on any atom is -0.408 e. The molecule has 1 aromatic heterocycles. The zero-order valence-corrected chi connectivity index (χ0v) is 18.4. The van der Waals surface area contributed by atoms with Crippen LogP contribution in [0.3, 0.4) is 0 Å². The number of carbonyl (C=O) groups excluding carboxylic acids is 1. The molecule has 2 aliphatic rings. The summed E-state index contributed by atoms with van der Waals surface area (Å²) in [6.07, 6.45) is 5.32. The van der Waals surface area contributed by atoms with Gasteiger partial charge in [-0.2, -0.15) is 4.31 Å². The number of piperidine rings is 2. The topological polar surface area (TPSA) is 92.8 Å². The molecule has 30 heavy (non-hydrogen) atoms. The minimum atomic E-state index is -3.71. The van der Waals surface area contributed by atoms with E-state index < -0.39 is 15.8 Å². The van der Waals surface area contributed by atoms with Gasteiger partial charge < -0.3 is 9.32 Å². The van der Waals surface area contributed by atoms with Gasteiger partial charge in [0.2, 0.25) is 15.9 Å². The number of amides is 1. The quantitative estimate of drug-likeness (QED) is 0.735. The van der Waals surface area contributed by atoms with Gasteiger partial charge in [-0.25, -0.2) is 13.2 Å². The van der Waals surface area contributed by atoms with Crippen LogP contribution in [-0.4, -0.2) is 53.8 Å². The fourth-order valence-electron chi connectivity index (χ4n) is 4.72. The van der Waals surface area contributed by atoms with E-state index in [9.17, 15) is 18.0 Å². The first-order valence-electron chi connectivity index (χ1n) is 10.7. The molecule has 1 unspecified atom stereocenters. The van der Waals surface area contributed by atoms with Crippen molar-refractivity contribution in [3.05, 3.63) is 28.7 Å². The minimum absolute atomic E-state index is 0.108. The van der Waals surface area contributed by atoms with Crippen LogP contribution in [0.2, 0.25) is 0 Å². The van der Waals surface area contributed by atoms with Crippen LogP contribution >= 0.6 is 0 Å². The lowest BCUT2D eigenvalue weighted by molar-refractivity contribution is -0.140. The molecule has 1 atom stereocenters. The summed E-state index contributed by atoms with van der Waals surface area (Å²) in [7, 11) is -2.13. The molecule has 2 fully saturated rings. The van der Waals surface area contributed by atoms with Crippen LogP contribution in [0, 0.1) is 5.92 Å². The van der Waals surface area contributed by atoms with Crippen molar-refractivity contribution >= 4 is 27.0 Å². The fourth-order valence-corrected chi connectivity index (χ4v) is 6.20. The Morgan fingerprint density at radius 1 is 1.13 bits per heavy atom. The largest absolute Gasteiger partial charge is 0.419 e. The van der Waals surface area contributed by atoms with Gasteiger partial charge in [0.05, 0.1) is 10.4 Å². The van der Waals surface area contributed by atoms with Gasteiger partial charge in [0.15, 0.2) is 5.58 Å². The molecule has 1 amide bonds. The number of hydrogen-bond donors (Lipinski definition) is 0. The molecule has 9 heteroatoms. The summed E-state index contributed by atoms with van der Waals surface area (Å²) in [6, 6.07) is 4.82. The van der Waals surface area contributed by atoms with Gasteiger partial charge in [-0.05, 0) is 50.7 Å². The van der Waals surface area contributed by atoms with E-state index in [-0.39, 0.29) is 22.3 Å². The van der Waals surface area contributed by atoms with E-state index in [0.717, 1.165) is 25.8 Å². The van der Waals surface area contributed by atoms with Crippen molar-refractivity contribution in [2.24, 2.45) is 13.0 Å². The third-order valence-electron chi connectivity index (χ3n) is 6.59. The molecule has 0 spiro atoms. The SMILES string of the molecule is CCC1CCCCN1C(=O)C1CCN(S(=O)(=O)c2ccc3c(c2)oc(=O)n3C)CC1. The number of rotatable bonds is 4. The molecule has 2 saturated heterocycles. The highest BCUT2D eigenvalue weighted by Gasteiger charge is 2.36. The maximum Gasteiger partial charge on any atom is 0.419 e. The Bertz CT molecular complexity index is 1100. The zero-order valence-electron chi connectivity index (χ0n) is 17.5. The van der Waals surface area contributed by atoms with E-state index >= 15 is 0 Å². The Kier molecular flexibility index (Phi) is 5.76. The zero-order chi connectivity index (χ0) is 21.5. The molecule has 0 radical (unpaired) electrons. The van der Waals surface area contributed by atoms with Crippen LogP contribution in [0.5, 0.6) is 0 Å². The molecule has 0 saturated carbocycles. The monoisotopic (exact) mass is 435 g/mol. The second-order valence-electron chi connectivity index (χ2n) is 8.32. The molecule has 0 N–H and O–H groups in total. The second kappa shape index (κ2) is 8.19. The van der Waals surface area contributed by atoms with Gasteiger partial charge in [0, 0.05) is 44.7 Å². The predicted octanol–water partition coefficient (Wildman–Crippen LogP) is 2.32. The molecule has 0 aliphatic carbocycles. The average molecular weight is 436 g/mol. The summed E-state index contributed by atoms with van der Waals surface area (Å²) in [4.78, 5) is 26.9. The molecular formula is C21H29N3O5S. The Morgan fingerprint density at radius 2 is 1.87 bits per heavy atom. The van der Waals surface area contributed by atoms with E-state index in [4.69, 9.17) is 4.42 Å². The summed E-state index contributed by atoms with van der Waals surface area (Å²) in [6.45, 7) is 3.58. The lowest BCUT2D eigenvalue weighted by Gasteiger charge is -2.39.